The topological polar surface area (TPSA) is 124 Å². The number of rotatable bonds is 23. The number of aliphatic hydroxyl groups excluding tert-OH is 4. The SMILES string of the molecule is OCCOCCN(CCOCCO)c1ccc(C(=C2C=CC(=[N+](CCOCCO)CCOCCO)C=C2)c2ccccc2I)cc1. The molecule has 4 N–H and O–H groups in total. The molecule has 0 saturated heterocycles. The maximum absolute atomic E-state index is 9.07. The summed E-state index contributed by atoms with van der Waals surface area (Å²) in [6, 6.07) is 16.9. The lowest BCUT2D eigenvalue weighted by Gasteiger charge is -2.25. The molecule has 11 heteroatoms. The minimum Gasteiger partial charge on any atom is -0.394 e. The summed E-state index contributed by atoms with van der Waals surface area (Å²) in [7, 11) is 0. The van der Waals surface area contributed by atoms with Crippen molar-refractivity contribution in [1.82, 2.24) is 0 Å². The van der Waals surface area contributed by atoms with E-state index < -0.39 is 0 Å². The van der Waals surface area contributed by atoms with Crippen molar-refractivity contribution in [2.45, 2.75) is 0 Å². The van der Waals surface area contributed by atoms with Gasteiger partial charge in [-0.1, -0.05) is 30.3 Å². The molecule has 252 valence electrons. The van der Waals surface area contributed by atoms with Crippen molar-refractivity contribution < 1.29 is 43.9 Å². The standard InChI is InChI=1S/C35H48IN2O8/c36-34-4-2-1-3-33(34)35(29-5-9-31(10-6-29)37(13-21-43-25-17-39)14-22-44-26-18-40)30-7-11-32(12-8-30)38(15-23-45-27-19-41)16-24-46-28-20-42/h1-12,39-42H,13-28H2/q+1. The van der Waals surface area contributed by atoms with Gasteiger partial charge >= 0.3 is 0 Å². The molecule has 10 nitrogen and oxygen atoms in total. The molecule has 3 rings (SSSR count). The van der Waals surface area contributed by atoms with Gasteiger partial charge in [-0.3, -0.25) is 0 Å². The average Bonchev–Trinajstić information content (AvgIpc) is 3.08. The lowest BCUT2D eigenvalue weighted by atomic mass is 9.90. The molecule has 0 spiro atoms. The highest BCUT2D eigenvalue weighted by Crippen LogP contribution is 2.33. The first-order valence-electron chi connectivity index (χ1n) is 15.7. The molecule has 0 atom stereocenters. The van der Waals surface area contributed by atoms with E-state index >= 15 is 0 Å². The van der Waals surface area contributed by atoms with E-state index in [0.717, 1.165) is 37.2 Å². The van der Waals surface area contributed by atoms with Crippen LogP contribution in [0, 0.1) is 3.57 Å². The van der Waals surface area contributed by atoms with Gasteiger partial charge in [-0.05, 0) is 75.2 Å². The Hall–Kier alpha value is -2.46. The third kappa shape index (κ3) is 13.0. The lowest BCUT2D eigenvalue weighted by molar-refractivity contribution is -0.532. The van der Waals surface area contributed by atoms with Crippen molar-refractivity contribution in [3.63, 3.8) is 0 Å². The number of aliphatic hydroxyl groups is 4. The van der Waals surface area contributed by atoms with Crippen LogP contribution in [0.4, 0.5) is 5.69 Å². The first-order chi connectivity index (χ1) is 22.6. The largest absolute Gasteiger partial charge is 0.394 e. The Bertz CT molecular complexity index is 1240. The number of nitrogens with zero attached hydrogens (tertiary/aromatic N) is 2. The summed E-state index contributed by atoms with van der Waals surface area (Å²) in [6.45, 7) is 5.63. The average molecular weight is 752 g/mol. The molecule has 1 aliphatic rings. The number of hydrogen-bond acceptors (Lipinski definition) is 9. The zero-order valence-corrected chi connectivity index (χ0v) is 28.6. The summed E-state index contributed by atoms with van der Waals surface area (Å²) >= 11 is 2.39. The predicted octanol–water partition coefficient (Wildman–Crippen LogP) is 2.51. The minimum atomic E-state index is -0.0116. The van der Waals surface area contributed by atoms with Crippen molar-refractivity contribution in [1.29, 1.82) is 0 Å². The first kappa shape index (κ1) is 38.0. The molecular formula is C35H48IN2O8+. The van der Waals surface area contributed by atoms with E-state index in [4.69, 9.17) is 39.4 Å². The van der Waals surface area contributed by atoms with Crippen LogP contribution >= 0.6 is 22.6 Å². The Morgan fingerprint density at radius 1 is 0.609 bits per heavy atom. The zero-order chi connectivity index (χ0) is 32.8. The van der Waals surface area contributed by atoms with Gasteiger partial charge in [0.25, 0.3) is 0 Å². The van der Waals surface area contributed by atoms with Crippen LogP contribution in [0.5, 0.6) is 0 Å². The van der Waals surface area contributed by atoms with Crippen molar-refractivity contribution in [3.8, 4) is 0 Å². The lowest BCUT2D eigenvalue weighted by Crippen LogP contribution is -2.31. The van der Waals surface area contributed by atoms with E-state index in [0.29, 0.717) is 79.0 Å². The van der Waals surface area contributed by atoms with Crippen LogP contribution < -0.4 is 4.90 Å². The Labute approximate surface area is 286 Å². The van der Waals surface area contributed by atoms with E-state index in [1.54, 1.807) is 0 Å². The quantitative estimate of drug-likeness (QED) is 0.0772. The van der Waals surface area contributed by atoms with E-state index in [1.165, 1.54) is 0 Å². The highest BCUT2D eigenvalue weighted by Gasteiger charge is 2.18. The summed E-state index contributed by atoms with van der Waals surface area (Å²) < 4.78 is 25.4. The highest BCUT2D eigenvalue weighted by atomic mass is 127. The van der Waals surface area contributed by atoms with Crippen LogP contribution in [0.3, 0.4) is 0 Å². The van der Waals surface area contributed by atoms with Gasteiger partial charge in [0, 0.05) is 34.5 Å². The van der Waals surface area contributed by atoms with Crippen LogP contribution in [0.2, 0.25) is 0 Å². The van der Waals surface area contributed by atoms with E-state index in [9.17, 15) is 0 Å². The van der Waals surface area contributed by atoms with Gasteiger partial charge in [0.05, 0.1) is 66.1 Å². The second-order valence-corrected chi connectivity index (χ2v) is 11.4. The van der Waals surface area contributed by atoms with E-state index in [1.807, 2.05) is 6.07 Å². The van der Waals surface area contributed by atoms with Crippen LogP contribution in [0.15, 0.2) is 78.4 Å². The van der Waals surface area contributed by atoms with Crippen molar-refractivity contribution >= 4 is 39.6 Å². The normalized spacial score (nSPS) is 12.6. The summed E-state index contributed by atoms with van der Waals surface area (Å²) in [5.41, 5.74) is 6.49. The van der Waals surface area contributed by atoms with Crippen molar-refractivity contribution in [3.05, 3.63) is 93.1 Å². The van der Waals surface area contributed by atoms with Crippen LogP contribution in [-0.4, -0.2) is 136 Å². The van der Waals surface area contributed by atoms with Gasteiger partial charge in [0.15, 0.2) is 18.8 Å². The molecule has 0 fully saturated rings. The van der Waals surface area contributed by atoms with Gasteiger partial charge in [-0.25, -0.2) is 4.58 Å². The maximum atomic E-state index is 9.07. The zero-order valence-electron chi connectivity index (χ0n) is 26.4. The van der Waals surface area contributed by atoms with E-state index in [2.05, 4.69) is 98.8 Å². The van der Waals surface area contributed by atoms with Gasteiger partial charge < -0.3 is 44.3 Å². The van der Waals surface area contributed by atoms with Crippen molar-refractivity contribution in [2.75, 3.05) is 110 Å². The molecule has 0 aromatic heterocycles. The monoisotopic (exact) mass is 751 g/mol. The molecule has 0 amide bonds. The number of allylic oxidation sites excluding steroid dienone is 5. The summed E-state index contributed by atoms with van der Waals surface area (Å²) in [6.07, 6.45) is 8.50. The van der Waals surface area contributed by atoms with Gasteiger partial charge in [-0.15, -0.1) is 0 Å². The molecule has 0 radical (unpaired) electrons. The third-order valence-electron chi connectivity index (χ3n) is 7.15. The third-order valence-corrected chi connectivity index (χ3v) is 8.09. The molecular weight excluding hydrogens is 703 g/mol. The molecule has 0 bridgehead atoms. The summed E-state index contributed by atoms with van der Waals surface area (Å²) in [4.78, 5) is 2.18. The van der Waals surface area contributed by atoms with Gasteiger partial charge in [0.2, 0.25) is 0 Å². The molecule has 1 aliphatic carbocycles. The number of hydrogen-bond donors (Lipinski definition) is 4. The smallest absolute Gasteiger partial charge is 0.200 e. The van der Waals surface area contributed by atoms with Gasteiger partial charge in [0.1, 0.15) is 13.2 Å². The predicted molar refractivity (Wildman–Crippen MR) is 189 cm³/mol. The molecule has 2 aromatic rings. The van der Waals surface area contributed by atoms with Crippen molar-refractivity contribution in [2.24, 2.45) is 0 Å². The fourth-order valence-electron chi connectivity index (χ4n) is 4.92. The summed E-state index contributed by atoms with van der Waals surface area (Å²) in [5, 5.41) is 36.3. The Kier molecular flexibility index (Phi) is 19.0. The number of ether oxygens (including phenoxy) is 4. The molecule has 0 saturated carbocycles. The summed E-state index contributed by atoms with van der Waals surface area (Å²) in [5.74, 6) is 0. The Morgan fingerprint density at radius 3 is 1.61 bits per heavy atom. The molecule has 46 heavy (non-hydrogen) atoms. The first-order valence-corrected chi connectivity index (χ1v) is 16.8. The molecule has 2 aromatic carbocycles. The van der Waals surface area contributed by atoms with Crippen LogP contribution in [0.25, 0.3) is 5.57 Å². The Balaban J connectivity index is 1.92. The second kappa shape index (κ2) is 23.0. The minimum absolute atomic E-state index is 0.0116. The second-order valence-electron chi connectivity index (χ2n) is 10.3. The fraction of sp³-hybridized carbons (Fsp3) is 0.457. The van der Waals surface area contributed by atoms with Crippen LogP contribution in [-0.2, 0) is 18.9 Å². The highest BCUT2D eigenvalue weighted by molar-refractivity contribution is 14.1. The van der Waals surface area contributed by atoms with E-state index in [-0.39, 0.29) is 26.4 Å². The van der Waals surface area contributed by atoms with Gasteiger partial charge in [-0.2, -0.15) is 0 Å². The number of benzene rings is 2. The Morgan fingerprint density at radius 2 is 1.11 bits per heavy atom. The maximum Gasteiger partial charge on any atom is 0.200 e. The molecule has 0 heterocycles. The number of anilines is 1. The molecule has 0 unspecified atom stereocenters. The van der Waals surface area contributed by atoms with Crippen LogP contribution in [0.1, 0.15) is 11.1 Å². The number of halogens is 1. The molecule has 0 aliphatic heterocycles. The fourth-order valence-corrected chi connectivity index (χ4v) is 5.58.